The van der Waals surface area contributed by atoms with Gasteiger partial charge in [-0.1, -0.05) is 36.4 Å². The molecule has 4 saturated carbocycles. The average Bonchev–Trinajstić information content (AvgIpc) is 2.64. The number of nitrogens with one attached hydrogen (secondary N) is 1. The molecule has 0 saturated heterocycles. The van der Waals surface area contributed by atoms with E-state index >= 15 is 0 Å². The second-order valence-corrected chi connectivity index (χ2v) is 9.85. The fraction of sp³-hybridized carbons (Fsp3) is 0.478. The molecule has 4 aliphatic rings. The van der Waals surface area contributed by atoms with Crippen LogP contribution in [0.5, 0.6) is 0 Å². The Bertz CT molecular complexity index is 937. The van der Waals surface area contributed by atoms with Crippen molar-refractivity contribution in [1.82, 2.24) is 0 Å². The number of benzene rings is 2. The molecule has 6 rings (SSSR count). The van der Waals surface area contributed by atoms with Crippen LogP contribution in [-0.2, 0) is 14.3 Å². The Labute approximate surface area is 169 Å². The first-order valence-corrected chi connectivity index (χ1v) is 10.5. The minimum absolute atomic E-state index is 0.236. The molecule has 2 aromatic carbocycles. The van der Waals surface area contributed by atoms with E-state index in [0.29, 0.717) is 18.3 Å². The van der Waals surface area contributed by atoms with Crippen LogP contribution in [0.4, 0.5) is 5.69 Å². The summed E-state index contributed by atoms with van der Waals surface area (Å²) in [5, 5.41) is 4.90. The van der Waals surface area contributed by atoms with E-state index in [2.05, 4.69) is 5.32 Å². The van der Waals surface area contributed by atoms with Crippen molar-refractivity contribution < 1.29 is 14.3 Å². The summed E-state index contributed by atoms with van der Waals surface area (Å²) in [5.41, 5.74) is 0.250. The van der Waals surface area contributed by atoms with Gasteiger partial charge in [-0.2, -0.15) is 0 Å². The Kier molecular flexibility index (Phi) is 4.16. The third-order valence-electron chi connectivity index (χ3n) is 6.82. The standard InChI is InChI=1S/C23H24ClNO3/c24-23-11-15-8-16(12-23)10-22(9-15,14-23)21(27)28-13-20(26)25-19-7-3-5-17-4-1-2-6-18(17)19/h1-7,15-16H,8-14H2,(H,25,26)/t15-,16+,22?,23?. The number of halogens is 1. The largest absolute Gasteiger partial charge is 0.455 e. The Hall–Kier alpha value is -2.07. The molecular formula is C23H24ClNO3. The van der Waals surface area contributed by atoms with Crippen LogP contribution < -0.4 is 5.32 Å². The monoisotopic (exact) mass is 397 g/mol. The van der Waals surface area contributed by atoms with E-state index in [1.54, 1.807) is 0 Å². The van der Waals surface area contributed by atoms with E-state index in [1.165, 1.54) is 6.42 Å². The van der Waals surface area contributed by atoms with Gasteiger partial charge >= 0.3 is 5.97 Å². The van der Waals surface area contributed by atoms with Gasteiger partial charge in [0, 0.05) is 15.9 Å². The summed E-state index contributed by atoms with van der Waals surface area (Å²) >= 11 is 6.80. The molecule has 0 radical (unpaired) electrons. The van der Waals surface area contributed by atoms with Crippen molar-refractivity contribution >= 4 is 39.9 Å². The first-order valence-electron chi connectivity index (χ1n) is 10.1. The summed E-state index contributed by atoms with van der Waals surface area (Å²) in [6.07, 6.45) is 5.64. The highest BCUT2D eigenvalue weighted by Gasteiger charge is 2.60. The van der Waals surface area contributed by atoms with E-state index < -0.39 is 5.41 Å². The highest BCUT2D eigenvalue weighted by Crippen LogP contribution is 2.64. The lowest BCUT2D eigenvalue weighted by Gasteiger charge is -2.58. The summed E-state index contributed by atoms with van der Waals surface area (Å²) in [4.78, 5) is 25.1. The van der Waals surface area contributed by atoms with Crippen molar-refractivity contribution in [2.75, 3.05) is 11.9 Å². The number of alkyl halides is 1. The van der Waals surface area contributed by atoms with Gasteiger partial charge < -0.3 is 10.1 Å². The Morgan fingerprint density at radius 2 is 1.75 bits per heavy atom. The van der Waals surface area contributed by atoms with Gasteiger partial charge in [0.1, 0.15) is 0 Å². The quantitative estimate of drug-likeness (QED) is 0.589. The summed E-state index contributed by atoms with van der Waals surface area (Å²) in [7, 11) is 0. The first kappa shape index (κ1) is 18.0. The molecule has 2 unspecified atom stereocenters. The highest BCUT2D eigenvalue weighted by atomic mass is 35.5. The molecule has 28 heavy (non-hydrogen) atoms. The number of rotatable bonds is 4. The normalized spacial score (nSPS) is 33.0. The Morgan fingerprint density at radius 3 is 2.50 bits per heavy atom. The fourth-order valence-corrected chi connectivity index (χ4v) is 6.89. The minimum atomic E-state index is -0.481. The first-order chi connectivity index (χ1) is 13.4. The van der Waals surface area contributed by atoms with Crippen LogP contribution in [-0.4, -0.2) is 23.4 Å². The van der Waals surface area contributed by atoms with Crippen LogP contribution in [0.2, 0.25) is 0 Å². The SMILES string of the molecule is O=C(COC(=O)C12C[C@@H]3C[C@@H](CC(Cl)(C3)C1)C2)Nc1cccc2ccccc12. The predicted octanol–water partition coefficient (Wildman–Crippen LogP) is 4.90. The van der Waals surface area contributed by atoms with Crippen LogP contribution >= 0.6 is 11.6 Å². The van der Waals surface area contributed by atoms with Crippen molar-refractivity contribution in [2.24, 2.45) is 17.3 Å². The van der Waals surface area contributed by atoms with Crippen molar-refractivity contribution in [1.29, 1.82) is 0 Å². The summed E-state index contributed by atoms with van der Waals surface area (Å²) in [6, 6.07) is 13.6. The molecule has 146 valence electrons. The Morgan fingerprint density at radius 1 is 1.04 bits per heavy atom. The average molecular weight is 398 g/mol. The molecule has 1 amide bonds. The van der Waals surface area contributed by atoms with Gasteiger partial charge in [-0.15, -0.1) is 11.6 Å². The maximum Gasteiger partial charge on any atom is 0.312 e. The van der Waals surface area contributed by atoms with Crippen molar-refractivity contribution in [3.05, 3.63) is 42.5 Å². The zero-order valence-electron chi connectivity index (χ0n) is 15.7. The number of hydrogen-bond donors (Lipinski definition) is 1. The predicted molar refractivity (Wildman–Crippen MR) is 109 cm³/mol. The van der Waals surface area contributed by atoms with E-state index in [1.807, 2.05) is 42.5 Å². The van der Waals surface area contributed by atoms with E-state index in [0.717, 1.165) is 42.1 Å². The molecule has 4 fully saturated rings. The fourth-order valence-electron chi connectivity index (χ4n) is 6.19. The van der Waals surface area contributed by atoms with Gasteiger partial charge in [0.25, 0.3) is 5.91 Å². The molecule has 0 aliphatic heterocycles. The van der Waals surface area contributed by atoms with E-state index in [4.69, 9.17) is 16.3 Å². The topological polar surface area (TPSA) is 55.4 Å². The number of carbonyl (C=O) groups is 2. The molecule has 4 atom stereocenters. The van der Waals surface area contributed by atoms with Crippen LogP contribution in [0.3, 0.4) is 0 Å². The second-order valence-electron chi connectivity index (χ2n) is 9.04. The number of esters is 1. The van der Waals surface area contributed by atoms with Crippen LogP contribution in [0.1, 0.15) is 38.5 Å². The number of amides is 1. The maximum absolute atomic E-state index is 12.9. The molecule has 0 spiro atoms. The smallest absolute Gasteiger partial charge is 0.312 e. The molecule has 4 bridgehead atoms. The van der Waals surface area contributed by atoms with Gasteiger partial charge in [-0.25, -0.2) is 0 Å². The van der Waals surface area contributed by atoms with Crippen LogP contribution in [0, 0.1) is 17.3 Å². The molecular weight excluding hydrogens is 374 g/mol. The summed E-state index contributed by atoms with van der Waals surface area (Å²) < 4.78 is 5.51. The minimum Gasteiger partial charge on any atom is -0.455 e. The van der Waals surface area contributed by atoms with E-state index in [9.17, 15) is 9.59 Å². The Balaban J connectivity index is 1.25. The van der Waals surface area contributed by atoms with Gasteiger partial charge in [0.2, 0.25) is 0 Å². The maximum atomic E-state index is 12.9. The molecule has 1 N–H and O–H groups in total. The van der Waals surface area contributed by atoms with Crippen LogP contribution in [0.25, 0.3) is 10.8 Å². The van der Waals surface area contributed by atoms with Gasteiger partial charge in [0.15, 0.2) is 6.61 Å². The number of fused-ring (bicyclic) bond motifs is 1. The van der Waals surface area contributed by atoms with E-state index in [-0.39, 0.29) is 23.4 Å². The zero-order chi connectivity index (χ0) is 19.4. The number of carbonyl (C=O) groups excluding carboxylic acids is 2. The lowest BCUT2D eigenvalue weighted by atomic mass is 9.49. The summed E-state index contributed by atoms with van der Waals surface area (Å²) in [6.45, 7) is -0.256. The molecule has 0 heterocycles. The molecule has 2 aromatic rings. The number of ether oxygens (including phenoxy) is 1. The lowest BCUT2D eigenvalue weighted by Crippen LogP contribution is -2.56. The van der Waals surface area contributed by atoms with Gasteiger partial charge in [-0.3, -0.25) is 9.59 Å². The molecule has 5 heteroatoms. The lowest BCUT2D eigenvalue weighted by molar-refractivity contribution is -0.171. The third-order valence-corrected chi connectivity index (χ3v) is 7.26. The van der Waals surface area contributed by atoms with Crippen LogP contribution in [0.15, 0.2) is 42.5 Å². The number of hydrogen-bond acceptors (Lipinski definition) is 3. The van der Waals surface area contributed by atoms with Gasteiger partial charge in [-0.05, 0) is 61.8 Å². The molecule has 4 nitrogen and oxygen atoms in total. The second kappa shape index (κ2) is 6.48. The van der Waals surface area contributed by atoms with Gasteiger partial charge in [0.05, 0.1) is 5.41 Å². The highest BCUT2D eigenvalue weighted by molar-refractivity contribution is 6.24. The number of anilines is 1. The summed E-state index contributed by atoms with van der Waals surface area (Å²) in [5.74, 6) is 0.501. The van der Waals surface area contributed by atoms with Crippen molar-refractivity contribution in [3.63, 3.8) is 0 Å². The molecule has 0 aromatic heterocycles. The van der Waals surface area contributed by atoms with Crippen molar-refractivity contribution in [3.8, 4) is 0 Å². The zero-order valence-corrected chi connectivity index (χ0v) is 16.5. The van der Waals surface area contributed by atoms with Crippen molar-refractivity contribution in [2.45, 2.75) is 43.4 Å². The molecule has 4 aliphatic carbocycles. The third kappa shape index (κ3) is 3.08.